The zero-order chi connectivity index (χ0) is 12.8. The van der Waals surface area contributed by atoms with Gasteiger partial charge < -0.3 is 15.5 Å². The number of para-hydroxylation sites is 1. The first-order valence-corrected chi connectivity index (χ1v) is 5.76. The van der Waals surface area contributed by atoms with E-state index in [1.165, 1.54) is 0 Å². The average molecular weight is 237 g/mol. The fourth-order valence-electron chi connectivity index (χ4n) is 1.67. The fourth-order valence-corrected chi connectivity index (χ4v) is 1.67. The van der Waals surface area contributed by atoms with Crippen LogP contribution >= 0.6 is 0 Å². The summed E-state index contributed by atoms with van der Waals surface area (Å²) < 4.78 is 0. The van der Waals surface area contributed by atoms with Gasteiger partial charge in [-0.3, -0.25) is 4.79 Å². The molecule has 0 saturated heterocycles. The van der Waals surface area contributed by atoms with Crippen LogP contribution in [-0.2, 0) is 4.79 Å². The van der Waals surface area contributed by atoms with Crippen molar-refractivity contribution >= 4 is 11.7 Å². The second kappa shape index (κ2) is 6.25. The lowest BCUT2D eigenvalue weighted by Crippen LogP contribution is -2.18. The molecule has 0 aliphatic carbocycles. The summed E-state index contributed by atoms with van der Waals surface area (Å²) >= 11 is 0. The lowest BCUT2D eigenvalue weighted by molar-refractivity contribution is -0.137. The van der Waals surface area contributed by atoms with Gasteiger partial charge in [0, 0.05) is 23.7 Å². The highest BCUT2D eigenvalue weighted by molar-refractivity contribution is 5.66. The smallest absolute Gasteiger partial charge is 0.303 e. The number of carbonyl (C=O) groups is 1. The van der Waals surface area contributed by atoms with Gasteiger partial charge in [-0.2, -0.15) is 0 Å². The van der Waals surface area contributed by atoms with Gasteiger partial charge >= 0.3 is 5.97 Å². The number of anilines is 1. The van der Waals surface area contributed by atoms with Crippen LogP contribution in [-0.4, -0.2) is 22.2 Å². The number of benzene rings is 1. The number of hydrogen-bond donors (Lipinski definition) is 3. The van der Waals surface area contributed by atoms with E-state index in [1.54, 1.807) is 6.92 Å². The van der Waals surface area contributed by atoms with Crippen molar-refractivity contribution in [3.8, 4) is 0 Å². The summed E-state index contributed by atoms with van der Waals surface area (Å²) in [6, 6.07) is 7.56. The zero-order valence-electron chi connectivity index (χ0n) is 10.2. The van der Waals surface area contributed by atoms with Crippen LogP contribution in [0.1, 0.15) is 38.4 Å². The van der Waals surface area contributed by atoms with Crippen molar-refractivity contribution in [2.45, 2.75) is 38.8 Å². The molecule has 0 heterocycles. The standard InChI is InChI=1S/C13H19NO3/c1-9(7-8-13(16)17)14-12-6-4-3-5-11(12)10(2)15/h3-6,9-10,14-15H,7-8H2,1-2H3,(H,16,17). The Morgan fingerprint density at radius 3 is 2.59 bits per heavy atom. The molecule has 17 heavy (non-hydrogen) atoms. The van der Waals surface area contributed by atoms with Crippen molar-refractivity contribution in [1.29, 1.82) is 0 Å². The van der Waals surface area contributed by atoms with E-state index in [4.69, 9.17) is 5.11 Å². The van der Waals surface area contributed by atoms with Gasteiger partial charge in [-0.25, -0.2) is 0 Å². The number of aliphatic hydroxyl groups is 1. The molecule has 0 amide bonds. The minimum Gasteiger partial charge on any atom is -0.481 e. The van der Waals surface area contributed by atoms with Crippen LogP contribution in [0.3, 0.4) is 0 Å². The number of carboxylic acid groups (broad SMARTS) is 1. The minimum atomic E-state index is -0.789. The Kier molecular flexibility index (Phi) is 4.97. The third kappa shape index (κ3) is 4.44. The molecule has 0 saturated carbocycles. The van der Waals surface area contributed by atoms with E-state index in [9.17, 15) is 9.90 Å². The first-order chi connectivity index (χ1) is 8.00. The molecule has 0 aliphatic rings. The molecule has 1 rings (SSSR count). The normalized spacial score (nSPS) is 14.1. The molecule has 4 heteroatoms. The molecular weight excluding hydrogens is 218 g/mol. The maximum absolute atomic E-state index is 10.5. The second-order valence-corrected chi connectivity index (χ2v) is 4.24. The summed E-state index contributed by atoms with van der Waals surface area (Å²) in [4.78, 5) is 10.5. The molecule has 0 radical (unpaired) electrons. The lowest BCUT2D eigenvalue weighted by Gasteiger charge is -2.18. The van der Waals surface area contributed by atoms with Crippen LogP contribution < -0.4 is 5.32 Å². The molecule has 0 bridgehead atoms. The average Bonchev–Trinajstić information content (AvgIpc) is 2.27. The van der Waals surface area contributed by atoms with Crippen LogP contribution in [0, 0.1) is 0 Å². The lowest BCUT2D eigenvalue weighted by atomic mass is 10.1. The Labute approximate surface area is 101 Å². The summed E-state index contributed by atoms with van der Waals surface area (Å²) in [5.74, 6) is -0.789. The Morgan fingerprint density at radius 1 is 1.35 bits per heavy atom. The SMILES string of the molecule is CC(CCC(=O)O)Nc1ccccc1C(C)O. The molecular formula is C13H19NO3. The van der Waals surface area contributed by atoms with Crippen LogP contribution in [0.25, 0.3) is 0 Å². The highest BCUT2D eigenvalue weighted by atomic mass is 16.4. The maximum atomic E-state index is 10.5. The minimum absolute atomic E-state index is 0.0611. The molecule has 0 spiro atoms. The van der Waals surface area contributed by atoms with Crippen molar-refractivity contribution < 1.29 is 15.0 Å². The van der Waals surface area contributed by atoms with Gasteiger partial charge in [0.25, 0.3) is 0 Å². The Morgan fingerprint density at radius 2 is 2.00 bits per heavy atom. The van der Waals surface area contributed by atoms with Crippen molar-refractivity contribution in [3.63, 3.8) is 0 Å². The first kappa shape index (κ1) is 13.5. The topological polar surface area (TPSA) is 69.6 Å². The molecule has 0 aromatic heterocycles. The summed E-state index contributed by atoms with van der Waals surface area (Å²) in [6.07, 6.45) is 0.166. The third-order valence-corrected chi connectivity index (χ3v) is 2.60. The fraction of sp³-hybridized carbons (Fsp3) is 0.462. The van der Waals surface area contributed by atoms with Crippen LogP contribution in [0.4, 0.5) is 5.69 Å². The number of rotatable bonds is 6. The summed E-state index contributed by atoms with van der Waals surface area (Å²) in [6.45, 7) is 3.64. The molecule has 94 valence electrons. The van der Waals surface area contributed by atoms with Gasteiger partial charge in [0.15, 0.2) is 0 Å². The number of hydrogen-bond acceptors (Lipinski definition) is 3. The van der Waals surface area contributed by atoms with Crippen molar-refractivity contribution in [2.24, 2.45) is 0 Å². The zero-order valence-corrected chi connectivity index (χ0v) is 10.2. The Hall–Kier alpha value is -1.55. The molecule has 2 unspecified atom stereocenters. The van der Waals surface area contributed by atoms with Gasteiger partial charge in [0.2, 0.25) is 0 Å². The van der Waals surface area contributed by atoms with E-state index in [0.717, 1.165) is 11.3 Å². The third-order valence-electron chi connectivity index (χ3n) is 2.60. The van der Waals surface area contributed by atoms with Crippen molar-refractivity contribution in [2.75, 3.05) is 5.32 Å². The quantitative estimate of drug-likeness (QED) is 0.710. The highest BCUT2D eigenvalue weighted by Crippen LogP contribution is 2.23. The Balaban J connectivity index is 2.64. The van der Waals surface area contributed by atoms with Gasteiger partial charge in [0.05, 0.1) is 6.10 Å². The number of carboxylic acids is 1. The molecule has 1 aromatic carbocycles. The highest BCUT2D eigenvalue weighted by Gasteiger charge is 2.10. The van der Waals surface area contributed by atoms with E-state index >= 15 is 0 Å². The first-order valence-electron chi connectivity index (χ1n) is 5.76. The van der Waals surface area contributed by atoms with Crippen LogP contribution in [0.2, 0.25) is 0 Å². The maximum Gasteiger partial charge on any atom is 0.303 e. The van der Waals surface area contributed by atoms with Crippen LogP contribution in [0.15, 0.2) is 24.3 Å². The van der Waals surface area contributed by atoms with E-state index in [-0.39, 0.29) is 12.5 Å². The molecule has 0 fully saturated rings. The molecule has 1 aromatic rings. The van der Waals surface area contributed by atoms with Gasteiger partial charge in [0.1, 0.15) is 0 Å². The van der Waals surface area contributed by atoms with E-state index in [2.05, 4.69) is 5.32 Å². The molecule has 0 aliphatic heterocycles. The summed E-state index contributed by atoms with van der Waals surface area (Å²) in [5.41, 5.74) is 1.69. The molecule has 3 N–H and O–H groups in total. The van der Waals surface area contributed by atoms with Crippen LogP contribution in [0.5, 0.6) is 0 Å². The molecule has 2 atom stereocenters. The monoisotopic (exact) mass is 237 g/mol. The number of nitrogens with one attached hydrogen (secondary N) is 1. The molecule has 4 nitrogen and oxygen atoms in total. The predicted octanol–water partition coefficient (Wildman–Crippen LogP) is 2.41. The summed E-state index contributed by atoms with van der Waals surface area (Å²) in [5, 5.41) is 21.4. The van der Waals surface area contributed by atoms with E-state index < -0.39 is 12.1 Å². The van der Waals surface area contributed by atoms with Crippen molar-refractivity contribution in [1.82, 2.24) is 0 Å². The number of aliphatic hydroxyl groups excluding tert-OH is 1. The largest absolute Gasteiger partial charge is 0.481 e. The van der Waals surface area contributed by atoms with Gasteiger partial charge in [-0.05, 0) is 26.3 Å². The number of aliphatic carboxylic acids is 1. The van der Waals surface area contributed by atoms with E-state index in [0.29, 0.717) is 6.42 Å². The second-order valence-electron chi connectivity index (χ2n) is 4.24. The van der Waals surface area contributed by atoms with E-state index in [1.807, 2.05) is 31.2 Å². The van der Waals surface area contributed by atoms with Gasteiger partial charge in [-0.1, -0.05) is 18.2 Å². The van der Waals surface area contributed by atoms with Crippen molar-refractivity contribution in [3.05, 3.63) is 29.8 Å². The Bertz CT molecular complexity index is 377. The predicted molar refractivity (Wildman–Crippen MR) is 67.0 cm³/mol. The van der Waals surface area contributed by atoms with Gasteiger partial charge in [-0.15, -0.1) is 0 Å². The summed E-state index contributed by atoms with van der Waals surface area (Å²) in [7, 11) is 0.